The first-order chi connectivity index (χ1) is 7.06. The van der Waals surface area contributed by atoms with E-state index in [2.05, 4.69) is 4.74 Å². The minimum absolute atomic E-state index is 0.162. The second-order valence-electron chi connectivity index (χ2n) is 2.59. The Kier molecular flexibility index (Phi) is 3.78. The molecule has 0 amide bonds. The van der Waals surface area contributed by atoms with Gasteiger partial charge in [0.05, 0.1) is 21.3 Å². The van der Waals surface area contributed by atoms with Gasteiger partial charge in [0.1, 0.15) is 6.07 Å². The number of hydrogen-bond acceptors (Lipinski definition) is 4. The Labute approximate surface area is 96.1 Å². The lowest BCUT2D eigenvalue weighted by atomic mass is 10.2. The minimum atomic E-state index is -0.666. The van der Waals surface area contributed by atoms with Crippen molar-refractivity contribution < 1.29 is 9.53 Å². The number of anilines is 1. The Balaban J connectivity index is 2.97. The maximum absolute atomic E-state index is 11.3. The van der Waals surface area contributed by atoms with Gasteiger partial charge in [-0.15, -0.1) is 0 Å². The van der Waals surface area contributed by atoms with Crippen molar-refractivity contribution in [2.24, 2.45) is 0 Å². The maximum Gasteiger partial charge on any atom is 0.339 e. The topological polar surface area (TPSA) is 76.1 Å². The van der Waals surface area contributed by atoms with Crippen molar-refractivity contribution in [3.05, 3.63) is 27.7 Å². The van der Waals surface area contributed by atoms with Crippen LogP contribution in [0.4, 0.5) is 5.69 Å². The van der Waals surface area contributed by atoms with Gasteiger partial charge in [0.25, 0.3) is 0 Å². The third-order valence-corrected chi connectivity index (χ3v) is 2.21. The third kappa shape index (κ3) is 2.75. The van der Waals surface area contributed by atoms with Gasteiger partial charge in [0.2, 0.25) is 0 Å². The molecule has 1 aromatic rings. The number of nitriles is 1. The van der Waals surface area contributed by atoms with E-state index in [1.54, 1.807) is 6.07 Å². The second-order valence-corrected chi connectivity index (χ2v) is 3.40. The van der Waals surface area contributed by atoms with Gasteiger partial charge in [0, 0.05) is 0 Å². The highest BCUT2D eigenvalue weighted by atomic mass is 35.5. The molecular weight excluding hydrogens is 239 g/mol. The van der Waals surface area contributed by atoms with Crippen LogP contribution >= 0.6 is 23.2 Å². The number of hydrogen-bond donors (Lipinski definition) is 1. The van der Waals surface area contributed by atoms with Crippen molar-refractivity contribution in [1.29, 1.82) is 5.26 Å². The number of benzene rings is 1. The number of esters is 1. The SMILES string of the molecule is N#CCOC(=O)c1cc(Cl)c(N)c(Cl)c1. The van der Waals surface area contributed by atoms with Crippen LogP contribution in [-0.2, 0) is 4.74 Å². The molecule has 0 atom stereocenters. The molecule has 0 aromatic heterocycles. The highest BCUT2D eigenvalue weighted by Gasteiger charge is 2.11. The number of carbonyl (C=O) groups excluding carboxylic acids is 1. The van der Waals surface area contributed by atoms with Crippen LogP contribution in [0.1, 0.15) is 10.4 Å². The van der Waals surface area contributed by atoms with Crippen LogP contribution in [0.3, 0.4) is 0 Å². The number of nitrogens with zero attached hydrogens (tertiary/aromatic N) is 1. The van der Waals surface area contributed by atoms with E-state index in [0.717, 1.165) is 0 Å². The monoisotopic (exact) mass is 244 g/mol. The Morgan fingerprint density at radius 3 is 2.47 bits per heavy atom. The number of ether oxygens (including phenoxy) is 1. The Morgan fingerprint density at radius 1 is 1.47 bits per heavy atom. The molecule has 4 nitrogen and oxygen atoms in total. The zero-order chi connectivity index (χ0) is 11.4. The van der Waals surface area contributed by atoms with Crippen molar-refractivity contribution >= 4 is 34.9 Å². The van der Waals surface area contributed by atoms with Gasteiger partial charge >= 0.3 is 5.97 Å². The zero-order valence-corrected chi connectivity index (χ0v) is 8.97. The van der Waals surface area contributed by atoms with Gasteiger partial charge in [-0.3, -0.25) is 0 Å². The molecule has 0 aliphatic carbocycles. The molecule has 0 unspecified atom stereocenters. The number of nitrogen functional groups attached to an aromatic ring is 1. The molecule has 1 rings (SSSR count). The molecular formula is C9H6Cl2N2O2. The highest BCUT2D eigenvalue weighted by molar-refractivity contribution is 6.39. The van der Waals surface area contributed by atoms with Crippen LogP contribution < -0.4 is 5.73 Å². The van der Waals surface area contributed by atoms with Crippen LogP contribution in [0.5, 0.6) is 0 Å². The molecule has 0 saturated heterocycles. The van der Waals surface area contributed by atoms with E-state index in [4.69, 9.17) is 34.2 Å². The van der Waals surface area contributed by atoms with Crippen molar-refractivity contribution in [2.75, 3.05) is 12.3 Å². The number of carbonyl (C=O) groups is 1. The molecule has 0 aliphatic rings. The van der Waals surface area contributed by atoms with Crippen LogP contribution in [0.15, 0.2) is 12.1 Å². The molecule has 78 valence electrons. The first kappa shape index (κ1) is 11.6. The summed E-state index contributed by atoms with van der Waals surface area (Å²) in [4.78, 5) is 11.3. The van der Waals surface area contributed by atoms with Crippen molar-refractivity contribution in [3.63, 3.8) is 0 Å². The van der Waals surface area contributed by atoms with Crippen LogP contribution in [0.2, 0.25) is 10.0 Å². The lowest BCUT2D eigenvalue weighted by molar-refractivity contribution is 0.0555. The van der Waals surface area contributed by atoms with E-state index in [-0.39, 0.29) is 27.9 Å². The number of halogens is 2. The fraction of sp³-hybridized carbons (Fsp3) is 0.111. The Bertz CT molecular complexity index is 417. The zero-order valence-electron chi connectivity index (χ0n) is 7.46. The Morgan fingerprint density at radius 2 is 2.00 bits per heavy atom. The summed E-state index contributed by atoms with van der Waals surface area (Å²) < 4.78 is 4.57. The average Bonchev–Trinajstić information content (AvgIpc) is 2.21. The molecule has 0 spiro atoms. The van der Waals surface area contributed by atoms with Crippen LogP contribution in [0, 0.1) is 11.3 Å². The maximum atomic E-state index is 11.3. The number of nitrogens with two attached hydrogens (primary N) is 1. The summed E-state index contributed by atoms with van der Waals surface area (Å²) in [5, 5.41) is 8.56. The summed E-state index contributed by atoms with van der Waals surface area (Å²) in [6.07, 6.45) is 0. The summed E-state index contributed by atoms with van der Waals surface area (Å²) in [5.41, 5.74) is 5.85. The molecule has 0 saturated carbocycles. The van der Waals surface area contributed by atoms with E-state index >= 15 is 0 Å². The standard InChI is InChI=1S/C9H6Cl2N2O2/c10-6-3-5(4-7(11)8(6)13)9(14)15-2-1-12/h3-4H,2,13H2. The summed E-state index contributed by atoms with van der Waals surface area (Å²) in [5.74, 6) is -0.666. The van der Waals surface area contributed by atoms with Gasteiger partial charge in [-0.1, -0.05) is 23.2 Å². The van der Waals surface area contributed by atoms with Crippen molar-refractivity contribution in [1.82, 2.24) is 0 Å². The largest absolute Gasteiger partial charge is 0.447 e. The lowest BCUT2D eigenvalue weighted by Gasteiger charge is -2.05. The summed E-state index contributed by atoms with van der Waals surface area (Å²) in [6, 6.07) is 4.35. The summed E-state index contributed by atoms with van der Waals surface area (Å²) >= 11 is 11.4. The van der Waals surface area contributed by atoms with Gasteiger partial charge in [-0.2, -0.15) is 5.26 Å². The first-order valence-corrected chi connectivity index (χ1v) is 4.60. The molecule has 0 bridgehead atoms. The molecule has 1 aromatic carbocycles. The molecule has 0 heterocycles. The highest BCUT2D eigenvalue weighted by Crippen LogP contribution is 2.28. The Hall–Kier alpha value is -1.44. The average molecular weight is 245 g/mol. The van der Waals surface area contributed by atoms with E-state index < -0.39 is 5.97 Å². The van der Waals surface area contributed by atoms with Crippen LogP contribution in [-0.4, -0.2) is 12.6 Å². The van der Waals surface area contributed by atoms with E-state index in [0.29, 0.717) is 0 Å². The summed E-state index contributed by atoms with van der Waals surface area (Å²) in [7, 11) is 0. The summed E-state index contributed by atoms with van der Waals surface area (Å²) in [6.45, 7) is -0.321. The first-order valence-electron chi connectivity index (χ1n) is 3.85. The number of rotatable bonds is 2. The van der Waals surface area contributed by atoms with E-state index in [1.807, 2.05) is 0 Å². The van der Waals surface area contributed by atoms with Gasteiger partial charge < -0.3 is 10.5 Å². The van der Waals surface area contributed by atoms with Crippen molar-refractivity contribution in [3.8, 4) is 6.07 Å². The fourth-order valence-electron chi connectivity index (χ4n) is 0.883. The predicted molar refractivity (Wildman–Crippen MR) is 56.8 cm³/mol. The van der Waals surface area contributed by atoms with Gasteiger partial charge in [-0.05, 0) is 12.1 Å². The molecule has 6 heteroatoms. The van der Waals surface area contributed by atoms with Crippen LogP contribution in [0.25, 0.3) is 0 Å². The lowest BCUT2D eigenvalue weighted by Crippen LogP contribution is -2.06. The second kappa shape index (κ2) is 4.87. The molecule has 0 aliphatic heterocycles. The van der Waals surface area contributed by atoms with Crippen molar-refractivity contribution in [2.45, 2.75) is 0 Å². The molecule has 2 N–H and O–H groups in total. The molecule has 0 radical (unpaired) electrons. The minimum Gasteiger partial charge on any atom is -0.447 e. The quantitative estimate of drug-likeness (QED) is 0.640. The van der Waals surface area contributed by atoms with E-state index in [9.17, 15) is 4.79 Å². The smallest absolute Gasteiger partial charge is 0.339 e. The predicted octanol–water partition coefficient (Wildman–Crippen LogP) is 2.26. The van der Waals surface area contributed by atoms with Gasteiger partial charge in [0.15, 0.2) is 6.61 Å². The molecule has 15 heavy (non-hydrogen) atoms. The van der Waals surface area contributed by atoms with Gasteiger partial charge in [-0.25, -0.2) is 4.79 Å². The third-order valence-electron chi connectivity index (χ3n) is 1.58. The van der Waals surface area contributed by atoms with E-state index in [1.165, 1.54) is 12.1 Å². The fourth-order valence-corrected chi connectivity index (χ4v) is 1.37. The normalized spacial score (nSPS) is 9.40. The molecule has 0 fully saturated rings.